The van der Waals surface area contributed by atoms with Crippen molar-refractivity contribution in [3.63, 3.8) is 0 Å². The highest BCUT2D eigenvalue weighted by Gasteiger charge is 2.13. The van der Waals surface area contributed by atoms with E-state index in [9.17, 15) is 14.4 Å². The number of ether oxygens (including phenoxy) is 1. The van der Waals surface area contributed by atoms with Gasteiger partial charge >= 0.3 is 5.97 Å². The Morgan fingerprint density at radius 1 is 0.806 bits per heavy atom. The standard InChI is InChI=1S/C25H22ClNO4/c26-21-12-10-19(11-13-21)23(28)14-15-25(30)31-17-24(29)27-22-9-5-4-8-20(22)16-18-6-2-1-3-7-18/h1-13H,14-17H2,(H,27,29). The maximum absolute atomic E-state index is 12.2. The number of nitrogens with one attached hydrogen (secondary N) is 1. The Hall–Kier alpha value is -3.44. The Balaban J connectivity index is 1.46. The molecule has 3 aromatic carbocycles. The van der Waals surface area contributed by atoms with Gasteiger partial charge in [-0.15, -0.1) is 0 Å². The van der Waals surface area contributed by atoms with E-state index in [0.29, 0.717) is 22.7 Å². The van der Waals surface area contributed by atoms with E-state index >= 15 is 0 Å². The molecule has 0 unspecified atom stereocenters. The van der Waals surface area contributed by atoms with E-state index in [1.165, 1.54) is 0 Å². The zero-order valence-corrected chi connectivity index (χ0v) is 17.6. The van der Waals surface area contributed by atoms with Gasteiger partial charge in [-0.1, -0.05) is 60.1 Å². The number of carbonyl (C=O) groups excluding carboxylic acids is 3. The Bertz CT molecular complexity index is 1050. The Morgan fingerprint density at radius 3 is 2.23 bits per heavy atom. The molecule has 31 heavy (non-hydrogen) atoms. The van der Waals surface area contributed by atoms with Gasteiger partial charge in [0.1, 0.15) is 0 Å². The first-order chi connectivity index (χ1) is 15.0. The number of hydrogen-bond donors (Lipinski definition) is 1. The van der Waals surface area contributed by atoms with Gasteiger partial charge in [0, 0.05) is 22.7 Å². The molecular weight excluding hydrogens is 414 g/mol. The Labute approximate surface area is 186 Å². The predicted molar refractivity (Wildman–Crippen MR) is 120 cm³/mol. The molecule has 158 valence electrons. The zero-order valence-electron chi connectivity index (χ0n) is 16.8. The molecule has 1 N–H and O–H groups in total. The molecule has 5 nitrogen and oxygen atoms in total. The van der Waals surface area contributed by atoms with E-state index in [1.54, 1.807) is 24.3 Å². The molecule has 0 saturated heterocycles. The summed E-state index contributed by atoms with van der Waals surface area (Å²) < 4.78 is 5.02. The summed E-state index contributed by atoms with van der Waals surface area (Å²) in [4.78, 5) is 36.3. The fourth-order valence-corrected chi connectivity index (χ4v) is 3.14. The lowest BCUT2D eigenvalue weighted by molar-refractivity contribution is -0.147. The van der Waals surface area contributed by atoms with Crippen LogP contribution >= 0.6 is 11.6 Å². The number of anilines is 1. The van der Waals surface area contributed by atoms with Crippen LogP contribution in [0.3, 0.4) is 0 Å². The van der Waals surface area contributed by atoms with Crippen LogP contribution in [0.15, 0.2) is 78.9 Å². The summed E-state index contributed by atoms with van der Waals surface area (Å²) in [5, 5.41) is 3.32. The van der Waals surface area contributed by atoms with Gasteiger partial charge in [0.15, 0.2) is 12.4 Å². The van der Waals surface area contributed by atoms with Gasteiger partial charge < -0.3 is 10.1 Å². The van der Waals surface area contributed by atoms with Crippen molar-refractivity contribution in [2.75, 3.05) is 11.9 Å². The molecule has 0 aliphatic rings. The summed E-state index contributed by atoms with van der Waals surface area (Å²) in [6, 6.07) is 23.9. The number of halogens is 1. The number of para-hydroxylation sites is 1. The third kappa shape index (κ3) is 7.08. The Morgan fingerprint density at radius 2 is 1.48 bits per heavy atom. The lowest BCUT2D eigenvalue weighted by Gasteiger charge is -2.11. The number of benzene rings is 3. The molecule has 1 amide bonds. The zero-order chi connectivity index (χ0) is 22.1. The van der Waals surface area contributed by atoms with Gasteiger partial charge in [0.05, 0.1) is 6.42 Å². The molecule has 6 heteroatoms. The largest absolute Gasteiger partial charge is 0.456 e. The van der Waals surface area contributed by atoms with Crippen molar-refractivity contribution in [3.8, 4) is 0 Å². The third-order valence-electron chi connectivity index (χ3n) is 4.62. The summed E-state index contributed by atoms with van der Waals surface area (Å²) in [6.07, 6.45) is 0.575. The number of ketones is 1. The fourth-order valence-electron chi connectivity index (χ4n) is 3.01. The highest BCUT2D eigenvalue weighted by Crippen LogP contribution is 2.19. The summed E-state index contributed by atoms with van der Waals surface area (Å²) in [7, 11) is 0. The number of Topliss-reactive ketones (excluding diaryl/α,β-unsaturated/α-hetero) is 1. The summed E-state index contributed by atoms with van der Waals surface area (Å²) >= 11 is 5.80. The monoisotopic (exact) mass is 435 g/mol. The topological polar surface area (TPSA) is 72.5 Å². The van der Waals surface area contributed by atoms with Crippen LogP contribution < -0.4 is 5.32 Å². The fraction of sp³-hybridized carbons (Fsp3) is 0.160. The second kappa shape index (κ2) is 11.1. The van der Waals surface area contributed by atoms with Gasteiger partial charge in [-0.2, -0.15) is 0 Å². The first-order valence-electron chi connectivity index (χ1n) is 9.87. The lowest BCUT2D eigenvalue weighted by Crippen LogP contribution is -2.21. The number of hydrogen-bond acceptors (Lipinski definition) is 4. The van der Waals surface area contributed by atoms with Gasteiger partial charge in [0.25, 0.3) is 5.91 Å². The molecule has 0 saturated carbocycles. The van der Waals surface area contributed by atoms with Gasteiger partial charge in [-0.05, 0) is 47.9 Å². The first kappa shape index (κ1) is 22.2. The highest BCUT2D eigenvalue weighted by atomic mass is 35.5. The summed E-state index contributed by atoms with van der Waals surface area (Å²) in [6.45, 7) is -0.409. The molecule has 0 bridgehead atoms. The molecule has 0 radical (unpaired) electrons. The molecule has 0 aromatic heterocycles. The number of amides is 1. The minimum absolute atomic E-state index is 0.00198. The molecule has 3 rings (SSSR count). The van der Waals surface area contributed by atoms with Gasteiger partial charge in [-0.25, -0.2) is 0 Å². The molecule has 3 aromatic rings. The van der Waals surface area contributed by atoms with Crippen LogP contribution in [0.4, 0.5) is 5.69 Å². The van der Waals surface area contributed by atoms with Crippen molar-refractivity contribution in [2.24, 2.45) is 0 Å². The van der Waals surface area contributed by atoms with Crippen LogP contribution in [-0.4, -0.2) is 24.3 Å². The molecule has 0 heterocycles. The van der Waals surface area contributed by atoms with E-state index in [1.807, 2.05) is 54.6 Å². The maximum Gasteiger partial charge on any atom is 0.306 e. The lowest BCUT2D eigenvalue weighted by atomic mass is 10.0. The molecule has 0 spiro atoms. The van der Waals surface area contributed by atoms with Crippen LogP contribution in [0.5, 0.6) is 0 Å². The number of carbonyl (C=O) groups is 3. The normalized spacial score (nSPS) is 10.4. The minimum Gasteiger partial charge on any atom is -0.456 e. The van der Waals surface area contributed by atoms with Crippen LogP contribution in [0.2, 0.25) is 5.02 Å². The van der Waals surface area contributed by atoms with Crippen molar-refractivity contribution in [3.05, 3.63) is 101 Å². The van der Waals surface area contributed by atoms with Gasteiger partial charge in [-0.3, -0.25) is 14.4 Å². The van der Waals surface area contributed by atoms with E-state index in [4.69, 9.17) is 16.3 Å². The molecule has 0 aliphatic carbocycles. The smallest absolute Gasteiger partial charge is 0.306 e. The SMILES string of the molecule is O=C(COC(=O)CCC(=O)c1ccc(Cl)cc1)Nc1ccccc1Cc1ccccc1. The molecular formula is C25H22ClNO4. The van der Waals surface area contributed by atoms with Crippen molar-refractivity contribution >= 4 is 34.9 Å². The van der Waals surface area contributed by atoms with Crippen LogP contribution in [0.25, 0.3) is 0 Å². The molecule has 0 fully saturated rings. The predicted octanol–water partition coefficient (Wildman–Crippen LogP) is 5.08. The van der Waals surface area contributed by atoms with Crippen molar-refractivity contribution in [1.82, 2.24) is 0 Å². The molecule has 0 atom stereocenters. The third-order valence-corrected chi connectivity index (χ3v) is 4.87. The highest BCUT2D eigenvalue weighted by molar-refractivity contribution is 6.30. The average molecular weight is 436 g/mol. The van der Waals surface area contributed by atoms with E-state index < -0.39 is 18.5 Å². The minimum atomic E-state index is -0.602. The van der Waals surface area contributed by atoms with Gasteiger partial charge in [0.2, 0.25) is 0 Å². The Kier molecular flexibility index (Phi) is 7.96. The second-order valence-corrected chi connectivity index (χ2v) is 7.39. The molecule has 0 aliphatic heterocycles. The average Bonchev–Trinajstić information content (AvgIpc) is 2.78. The van der Waals surface area contributed by atoms with Crippen LogP contribution in [-0.2, 0) is 20.7 Å². The van der Waals surface area contributed by atoms with Crippen molar-refractivity contribution in [1.29, 1.82) is 0 Å². The first-order valence-corrected chi connectivity index (χ1v) is 10.2. The van der Waals surface area contributed by atoms with E-state index in [0.717, 1.165) is 11.1 Å². The van der Waals surface area contributed by atoms with Crippen LogP contribution in [0.1, 0.15) is 34.3 Å². The number of esters is 1. The summed E-state index contributed by atoms with van der Waals surface area (Å²) in [5.41, 5.74) is 3.23. The van der Waals surface area contributed by atoms with Crippen LogP contribution in [0, 0.1) is 0 Å². The van der Waals surface area contributed by atoms with Crippen molar-refractivity contribution in [2.45, 2.75) is 19.3 Å². The number of rotatable bonds is 9. The van der Waals surface area contributed by atoms with E-state index in [2.05, 4.69) is 5.32 Å². The van der Waals surface area contributed by atoms with E-state index in [-0.39, 0.29) is 18.6 Å². The quantitative estimate of drug-likeness (QED) is 0.376. The second-order valence-electron chi connectivity index (χ2n) is 6.96. The maximum atomic E-state index is 12.2. The summed E-state index contributed by atoms with van der Waals surface area (Å²) in [5.74, 6) is -1.22. The van der Waals surface area contributed by atoms with Crippen molar-refractivity contribution < 1.29 is 19.1 Å².